The van der Waals surface area contributed by atoms with Crippen molar-refractivity contribution in [3.05, 3.63) is 0 Å². The van der Waals surface area contributed by atoms with Gasteiger partial charge in [0.2, 0.25) is 0 Å². The van der Waals surface area contributed by atoms with Gasteiger partial charge in [0.1, 0.15) is 0 Å². The quantitative estimate of drug-likeness (QED) is 0.432. The van der Waals surface area contributed by atoms with Crippen molar-refractivity contribution in [2.75, 3.05) is 0 Å². The fraction of sp³-hybridized carbons (Fsp3) is 0.917. The molecule has 0 spiro atoms. The van der Waals surface area contributed by atoms with Gasteiger partial charge in [0.05, 0.1) is 23.5 Å². The van der Waals surface area contributed by atoms with Crippen LogP contribution in [-0.2, 0) is 0 Å². The van der Waals surface area contributed by atoms with E-state index in [4.69, 9.17) is 9.98 Å². The van der Waals surface area contributed by atoms with Gasteiger partial charge in [-0.05, 0) is 63.2 Å². The van der Waals surface area contributed by atoms with Crippen molar-refractivity contribution in [1.29, 1.82) is 0 Å². The SMILES string of the molecule is CCC1CCCC(CC)C1N=C(C)C(C)=NC1C(CC)CCCC1CC. The Hall–Kier alpha value is -0.660. The summed E-state index contributed by atoms with van der Waals surface area (Å²) in [5, 5.41) is 0. The highest BCUT2D eigenvalue weighted by molar-refractivity contribution is 6.40. The molecule has 2 rings (SSSR count). The Kier molecular flexibility index (Phi) is 8.84. The molecule has 2 aliphatic carbocycles. The maximum atomic E-state index is 5.29. The van der Waals surface area contributed by atoms with E-state index in [0.29, 0.717) is 12.1 Å². The predicted octanol–water partition coefficient (Wildman–Crippen LogP) is 7.12. The third-order valence-electron chi connectivity index (χ3n) is 7.54. The van der Waals surface area contributed by atoms with Gasteiger partial charge in [0.25, 0.3) is 0 Å². The van der Waals surface area contributed by atoms with Crippen LogP contribution in [0.15, 0.2) is 9.98 Å². The minimum Gasteiger partial charge on any atom is -0.284 e. The summed E-state index contributed by atoms with van der Waals surface area (Å²) in [5.41, 5.74) is 2.42. The zero-order valence-corrected chi connectivity index (χ0v) is 18.4. The Balaban J connectivity index is 2.20. The van der Waals surface area contributed by atoms with E-state index < -0.39 is 0 Å². The Morgan fingerprint density at radius 3 is 1.08 bits per heavy atom. The van der Waals surface area contributed by atoms with Gasteiger partial charge in [0.15, 0.2) is 0 Å². The van der Waals surface area contributed by atoms with Gasteiger partial charge in [-0.25, -0.2) is 0 Å². The third-order valence-corrected chi connectivity index (χ3v) is 7.54. The highest BCUT2D eigenvalue weighted by Crippen LogP contribution is 2.37. The lowest BCUT2D eigenvalue weighted by molar-refractivity contribution is 0.211. The van der Waals surface area contributed by atoms with E-state index in [1.165, 1.54) is 75.6 Å². The molecule has 0 saturated heterocycles. The average Bonchev–Trinajstić information content (AvgIpc) is 2.67. The zero-order valence-electron chi connectivity index (χ0n) is 18.4. The third kappa shape index (κ3) is 5.20. The van der Waals surface area contributed by atoms with E-state index in [2.05, 4.69) is 41.5 Å². The Bertz CT molecular complexity index is 411. The summed E-state index contributed by atoms with van der Waals surface area (Å²) in [7, 11) is 0. The first-order valence-electron chi connectivity index (χ1n) is 11.6. The number of hydrogen-bond acceptors (Lipinski definition) is 2. The molecule has 0 amide bonds. The molecular formula is C24H44N2. The molecule has 2 fully saturated rings. The van der Waals surface area contributed by atoms with Crippen molar-refractivity contribution in [3.8, 4) is 0 Å². The monoisotopic (exact) mass is 360 g/mol. The maximum Gasteiger partial charge on any atom is 0.0559 e. The lowest BCUT2D eigenvalue weighted by atomic mass is 9.74. The summed E-state index contributed by atoms with van der Waals surface area (Å²) in [6.45, 7) is 13.8. The molecule has 150 valence electrons. The van der Waals surface area contributed by atoms with Gasteiger partial charge in [-0.2, -0.15) is 0 Å². The van der Waals surface area contributed by atoms with Crippen LogP contribution in [-0.4, -0.2) is 23.5 Å². The van der Waals surface area contributed by atoms with Crippen molar-refractivity contribution >= 4 is 11.4 Å². The summed E-state index contributed by atoms with van der Waals surface area (Å²) >= 11 is 0. The van der Waals surface area contributed by atoms with Crippen LogP contribution in [0.1, 0.15) is 106 Å². The van der Waals surface area contributed by atoms with Gasteiger partial charge in [-0.3, -0.25) is 9.98 Å². The number of aliphatic imine (C=N–C) groups is 2. The first kappa shape index (κ1) is 21.6. The van der Waals surface area contributed by atoms with Crippen LogP contribution in [0.25, 0.3) is 0 Å². The summed E-state index contributed by atoms with van der Waals surface area (Å²) in [6.07, 6.45) is 13.3. The minimum absolute atomic E-state index is 0.527. The molecule has 0 heterocycles. The average molecular weight is 361 g/mol. The Labute approximate surface area is 163 Å². The number of hydrogen-bond donors (Lipinski definition) is 0. The molecular weight excluding hydrogens is 316 g/mol. The second-order valence-electron chi connectivity index (χ2n) is 8.95. The first-order chi connectivity index (χ1) is 12.5. The highest BCUT2D eigenvalue weighted by Gasteiger charge is 2.32. The van der Waals surface area contributed by atoms with Crippen molar-refractivity contribution in [1.82, 2.24) is 0 Å². The molecule has 2 nitrogen and oxygen atoms in total. The summed E-state index contributed by atoms with van der Waals surface area (Å²) in [5.74, 6) is 3.10. The molecule has 0 aliphatic heterocycles. The van der Waals surface area contributed by atoms with Crippen LogP contribution < -0.4 is 0 Å². The van der Waals surface area contributed by atoms with Crippen LogP contribution in [0.2, 0.25) is 0 Å². The molecule has 26 heavy (non-hydrogen) atoms. The summed E-state index contributed by atoms with van der Waals surface area (Å²) in [4.78, 5) is 10.6. The lowest BCUT2D eigenvalue weighted by Crippen LogP contribution is -2.34. The second kappa shape index (κ2) is 10.6. The van der Waals surface area contributed by atoms with Gasteiger partial charge in [0, 0.05) is 0 Å². The molecule has 2 heteroatoms. The van der Waals surface area contributed by atoms with Crippen LogP contribution in [0.3, 0.4) is 0 Å². The topological polar surface area (TPSA) is 24.7 Å². The van der Waals surface area contributed by atoms with Crippen molar-refractivity contribution < 1.29 is 0 Å². The standard InChI is InChI=1S/C24H44N2/c1-7-19-13-11-14-20(8-2)23(19)25-17(5)18(6)26-24-21(9-3)15-12-16-22(24)10-4/h19-24H,7-16H2,1-6H3. The number of rotatable bonds is 7. The van der Waals surface area contributed by atoms with E-state index >= 15 is 0 Å². The van der Waals surface area contributed by atoms with E-state index in [1.54, 1.807) is 0 Å². The minimum atomic E-state index is 0.527. The van der Waals surface area contributed by atoms with Gasteiger partial charge >= 0.3 is 0 Å². The molecule has 0 aromatic heterocycles. The van der Waals surface area contributed by atoms with Crippen LogP contribution in [0.4, 0.5) is 0 Å². The second-order valence-corrected chi connectivity index (χ2v) is 8.95. The van der Waals surface area contributed by atoms with E-state index in [-0.39, 0.29) is 0 Å². The zero-order chi connectivity index (χ0) is 19.1. The Morgan fingerprint density at radius 2 is 0.846 bits per heavy atom. The van der Waals surface area contributed by atoms with E-state index in [1.807, 2.05) is 0 Å². The molecule has 2 saturated carbocycles. The number of nitrogens with zero attached hydrogens (tertiary/aromatic N) is 2. The largest absolute Gasteiger partial charge is 0.284 e. The molecule has 0 aromatic rings. The van der Waals surface area contributed by atoms with Crippen LogP contribution >= 0.6 is 0 Å². The van der Waals surface area contributed by atoms with Crippen LogP contribution in [0.5, 0.6) is 0 Å². The van der Waals surface area contributed by atoms with E-state index in [9.17, 15) is 0 Å². The fourth-order valence-corrected chi connectivity index (χ4v) is 5.58. The molecule has 0 aromatic carbocycles. The Morgan fingerprint density at radius 1 is 0.577 bits per heavy atom. The van der Waals surface area contributed by atoms with Crippen molar-refractivity contribution in [2.24, 2.45) is 33.7 Å². The molecule has 0 bridgehead atoms. The molecule has 0 N–H and O–H groups in total. The first-order valence-corrected chi connectivity index (χ1v) is 11.6. The molecule has 4 atom stereocenters. The summed E-state index contributed by atoms with van der Waals surface area (Å²) < 4.78 is 0. The van der Waals surface area contributed by atoms with Gasteiger partial charge in [-0.1, -0.05) is 66.2 Å². The maximum absolute atomic E-state index is 5.29. The molecule has 2 aliphatic rings. The molecule has 0 radical (unpaired) electrons. The predicted molar refractivity (Wildman–Crippen MR) is 117 cm³/mol. The summed E-state index contributed by atoms with van der Waals surface area (Å²) in [6, 6.07) is 1.05. The smallest absolute Gasteiger partial charge is 0.0559 e. The lowest BCUT2D eigenvalue weighted by Gasteiger charge is -2.36. The van der Waals surface area contributed by atoms with Crippen molar-refractivity contribution in [3.63, 3.8) is 0 Å². The van der Waals surface area contributed by atoms with E-state index in [0.717, 1.165) is 23.7 Å². The highest BCUT2D eigenvalue weighted by atomic mass is 14.9. The van der Waals surface area contributed by atoms with Gasteiger partial charge < -0.3 is 0 Å². The normalized spacial score (nSPS) is 37.0. The fourth-order valence-electron chi connectivity index (χ4n) is 5.58. The molecule has 4 unspecified atom stereocenters. The van der Waals surface area contributed by atoms with Gasteiger partial charge in [-0.15, -0.1) is 0 Å². The van der Waals surface area contributed by atoms with Crippen LogP contribution in [0, 0.1) is 23.7 Å². The van der Waals surface area contributed by atoms with Crippen molar-refractivity contribution in [2.45, 2.75) is 118 Å².